The molecular formula is C19H25ClN2O3. The molecule has 2 aliphatic heterocycles. The number of nitrogens with zero attached hydrogens (tertiary/aromatic N) is 2. The molecule has 3 rings (SSSR count). The summed E-state index contributed by atoms with van der Waals surface area (Å²) in [6.07, 6.45) is 2.54. The van der Waals surface area contributed by atoms with E-state index in [1.165, 1.54) is 0 Å². The quantitative estimate of drug-likeness (QED) is 0.810. The Morgan fingerprint density at radius 3 is 2.72 bits per heavy atom. The molecule has 0 bridgehead atoms. The highest BCUT2D eigenvalue weighted by atomic mass is 35.5. The lowest BCUT2D eigenvalue weighted by Gasteiger charge is -2.43. The van der Waals surface area contributed by atoms with E-state index in [0.717, 1.165) is 19.4 Å². The van der Waals surface area contributed by atoms with Crippen molar-refractivity contribution in [3.8, 4) is 0 Å². The topological polar surface area (TPSA) is 49.9 Å². The van der Waals surface area contributed by atoms with Crippen molar-refractivity contribution in [2.24, 2.45) is 0 Å². The summed E-state index contributed by atoms with van der Waals surface area (Å²) in [5.41, 5.74) is -0.446. The molecule has 0 saturated carbocycles. The molecule has 136 valence electrons. The van der Waals surface area contributed by atoms with E-state index in [1.54, 1.807) is 29.2 Å². The predicted octanol–water partition coefficient (Wildman–Crippen LogP) is 2.97. The fourth-order valence-electron chi connectivity index (χ4n) is 3.70. The molecule has 2 heterocycles. The summed E-state index contributed by atoms with van der Waals surface area (Å²) in [6, 6.07) is 7.16. The van der Waals surface area contributed by atoms with Crippen molar-refractivity contribution in [2.45, 2.75) is 44.8 Å². The normalized spacial score (nSPS) is 24.7. The third-order valence-corrected chi connectivity index (χ3v) is 5.41. The van der Waals surface area contributed by atoms with Crippen molar-refractivity contribution in [1.82, 2.24) is 9.80 Å². The SMILES string of the molecule is CC(C)N1CCCCC2(CN(C(=O)c3ccccc3Cl)CCO2)C1=O. The molecule has 2 fully saturated rings. The van der Waals surface area contributed by atoms with Gasteiger partial charge in [-0.15, -0.1) is 0 Å². The number of hydrogen-bond acceptors (Lipinski definition) is 3. The Balaban J connectivity index is 1.85. The largest absolute Gasteiger partial charge is 0.361 e. The molecule has 1 unspecified atom stereocenters. The minimum Gasteiger partial charge on any atom is -0.361 e. The second kappa shape index (κ2) is 7.34. The number of benzene rings is 1. The predicted molar refractivity (Wildman–Crippen MR) is 96.7 cm³/mol. The second-order valence-corrected chi connectivity index (χ2v) is 7.51. The van der Waals surface area contributed by atoms with Crippen LogP contribution in [0.15, 0.2) is 24.3 Å². The van der Waals surface area contributed by atoms with Gasteiger partial charge in [0.1, 0.15) is 0 Å². The van der Waals surface area contributed by atoms with Crippen LogP contribution in [0.5, 0.6) is 0 Å². The fraction of sp³-hybridized carbons (Fsp3) is 0.579. The zero-order valence-corrected chi connectivity index (χ0v) is 15.6. The van der Waals surface area contributed by atoms with E-state index < -0.39 is 5.60 Å². The number of carbonyl (C=O) groups excluding carboxylic acids is 2. The monoisotopic (exact) mass is 364 g/mol. The molecule has 2 saturated heterocycles. The van der Waals surface area contributed by atoms with Gasteiger partial charge in [-0.2, -0.15) is 0 Å². The Kier molecular flexibility index (Phi) is 5.35. The van der Waals surface area contributed by atoms with Crippen LogP contribution in [0.3, 0.4) is 0 Å². The summed E-state index contributed by atoms with van der Waals surface area (Å²) in [7, 11) is 0. The van der Waals surface area contributed by atoms with Gasteiger partial charge in [-0.05, 0) is 45.2 Å². The van der Waals surface area contributed by atoms with Crippen LogP contribution in [-0.2, 0) is 9.53 Å². The van der Waals surface area contributed by atoms with Crippen LogP contribution in [0, 0.1) is 0 Å². The Hall–Kier alpha value is -1.59. The molecule has 6 heteroatoms. The van der Waals surface area contributed by atoms with Crippen molar-refractivity contribution in [3.05, 3.63) is 34.9 Å². The molecule has 1 spiro atoms. The molecule has 0 aliphatic carbocycles. The van der Waals surface area contributed by atoms with E-state index in [-0.39, 0.29) is 17.9 Å². The van der Waals surface area contributed by atoms with Crippen molar-refractivity contribution < 1.29 is 14.3 Å². The number of amides is 2. The Bertz CT molecular complexity index is 664. The highest BCUT2D eigenvalue weighted by Crippen LogP contribution is 2.31. The minimum absolute atomic E-state index is 0.0108. The fourth-order valence-corrected chi connectivity index (χ4v) is 3.92. The van der Waals surface area contributed by atoms with Crippen LogP contribution in [0.2, 0.25) is 5.02 Å². The maximum atomic E-state index is 13.2. The molecule has 25 heavy (non-hydrogen) atoms. The van der Waals surface area contributed by atoms with Gasteiger partial charge >= 0.3 is 0 Å². The summed E-state index contributed by atoms with van der Waals surface area (Å²) in [5, 5.41) is 0.434. The van der Waals surface area contributed by atoms with E-state index >= 15 is 0 Å². The van der Waals surface area contributed by atoms with Crippen LogP contribution in [0.4, 0.5) is 0 Å². The molecule has 0 radical (unpaired) electrons. The molecule has 1 atom stereocenters. The number of ether oxygens (including phenoxy) is 1. The number of hydrogen-bond donors (Lipinski definition) is 0. The Morgan fingerprint density at radius 2 is 2.00 bits per heavy atom. The Morgan fingerprint density at radius 1 is 1.24 bits per heavy atom. The lowest BCUT2D eigenvalue weighted by atomic mass is 9.93. The third-order valence-electron chi connectivity index (χ3n) is 5.08. The molecule has 5 nitrogen and oxygen atoms in total. The van der Waals surface area contributed by atoms with Gasteiger partial charge in [-0.3, -0.25) is 9.59 Å². The van der Waals surface area contributed by atoms with Crippen LogP contribution >= 0.6 is 11.6 Å². The first-order valence-corrected chi connectivity index (χ1v) is 9.31. The first kappa shape index (κ1) is 18.2. The highest BCUT2D eigenvalue weighted by molar-refractivity contribution is 6.33. The lowest BCUT2D eigenvalue weighted by Crippen LogP contribution is -2.61. The van der Waals surface area contributed by atoms with E-state index in [2.05, 4.69) is 0 Å². The van der Waals surface area contributed by atoms with Gasteiger partial charge in [0.05, 0.1) is 23.7 Å². The lowest BCUT2D eigenvalue weighted by molar-refractivity contribution is -0.169. The van der Waals surface area contributed by atoms with Crippen molar-refractivity contribution in [1.29, 1.82) is 0 Å². The average molecular weight is 365 g/mol. The van der Waals surface area contributed by atoms with Gasteiger partial charge in [0.2, 0.25) is 0 Å². The van der Waals surface area contributed by atoms with E-state index in [9.17, 15) is 9.59 Å². The third kappa shape index (κ3) is 3.53. The summed E-state index contributed by atoms with van der Waals surface area (Å²) in [5.74, 6) is -0.127. The number of halogens is 1. The van der Waals surface area contributed by atoms with Gasteiger partial charge < -0.3 is 14.5 Å². The number of rotatable bonds is 2. The van der Waals surface area contributed by atoms with E-state index in [0.29, 0.717) is 36.7 Å². The molecule has 0 aromatic heterocycles. The first-order valence-electron chi connectivity index (χ1n) is 8.93. The van der Waals surface area contributed by atoms with Gasteiger partial charge in [0.25, 0.3) is 11.8 Å². The van der Waals surface area contributed by atoms with E-state index in [4.69, 9.17) is 16.3 Å². The van der Waals surface area contributed by atoms with E-state index in [1.807, 2.05) is 18.7 Å². The Labute approximate surface area is 153 Å². The zero-order valence-electron chi connectivity index (χ0n) is 14.8. The van der Waals surface area contributed by atoms with Crippen LogP contribution in [0.1, 0.15) is 43.5 Å². The van der Waals surface area contributed by atoms with Gasteiger partial charge in [-0.1, -0.05) is 23.7 Å². The summed E-state index contributed by atoms with van der Waals surface area (Å²) in [4.78, 5) is 29.7. The van der Waals surface area contributed by atoms with Crippen LogP contribution in [0.25, 0.3) is 0 Å². The molecule has 2 aliphatic rings. The molecule has 2 amide bonds. The maximum absolute atomic E-state index is 13.2. The summed E-state index contributed by atoms with van der Waals surface area (Å²) < 4.78 is 6.01. The second-order valence-electron chi connectivity index (χ2n) is 7.10. The number of morpholine rings is 1. The number of carbonyl (C=O) groups is 2. The van der Waals surface area contributed by atoms with Crippen molar-refractivity contribution in [3.63, 3.8) is 0 Å². The van der Waals surface area contributed by atoms with Gasteiger partial charge in [0, 0.05) is 19.1 Å². The van der Waals surface area contributed by atoms with Crippen molar-refractivity contribution in [2.75, 3.05) is 26.2 Å². The first-order chi connectivity index (χ1) is 11.9. The smallest absolute Gasteiger partial charge is 0.256 e. The minimum atomic E-state index is -0.921. The zero-order chi connectivity index (χ0) is 18.0. The highest BCUT2D eigenvalue weighted by Gasteiger charge is 2.48. The van der Waals surface area contributed by atoms with Gasteiger partial charge in [0.15, 0.2) is 5.60 Å². The van der Waals surface area contributed by atoms with Crippen LogP contribution in [-0.4, -0.2) is 59.5 Å². The molecule has 1 aromatic rings. The standard InChI is InChI=1S/C19H25ClN2O3/c1-14(2)22-10-6-5-9-19(18(22)24)13-21(11-12-25-19)17(23)15-7-3-4-8-16(15)20/h3-4,7-8,14H,5-6,9-13H2,1-2H3. The number of likely N-dealkylation sites (tertiary alicyclic amines) is 1. The summed E-state index contributed by atoms with van der Waals surface area (Å²) in [6.45, 7) is 5.92. The molecule has 1 aromatic carbocycles. The molecular weight excluding hydrogens is 340 g/mol. The maximum Gasteiger partial charge on any atom is 0.256 e. The average Bonchev–Trinajstić information content (AvgIpc) is 2.75. The summed E-state index contributed by atoms with van der Waals surface area (Å²) >= 11 is 6.18. The van der Waals surface area contributed by atoms with Gasteiger partial charge in [-0.25, -0.2) is 0 Å². The van der Waals surface area contributed by atoms with Crippen LogP contribution < -0.4 is 0 Å². The molecule has 0 N–H and O–H groups in total. The van der Waals surface area contributed by atoms with Crippen molar-refractivity contribution >= 4 is 23.4 Å².